The molecule has 0 atom stereocenters. The van der Waals surface area contributed by atoms with Crippen molar-refractivity contribution in [3.8, 4) is 0 Å². The summed E-state index contributed by atoms with van der Waals surface area (Å²) in [6.45, 7) is 13.3. The van der Waals surface area contributed by atoms with Crippen LogP contribution in [-0.2, 0) is 12.8 Å². The van der Waals surface area contributed by atoms with Crippen molar-refractivity contribution in [2.75, 3.05) is 0 Å². The molecule has 0 aliphatic carbocycles. The Kier molecular flexibility index (Phi) is 7.95. The van der Waals surface area contributed by atoms with Gasteiger partial charge in [-0.1, -0.05) is 78.6 Å². The smallest absolute Gasteiger partial charge is 0.0230 e. The first-order chi connectivity index (χ1) is 7.92. The van der Waals surface area contributed by atoms with Gasteiger partial charge in [0.1, 0.15) is 0 Å². The van der Waals surface area contributed by atoms with Crippen LogP contribution in [0.15, 0.2) is 24.3 Å². The Bertz CT molecular complexity index is 274. The van der Waals surface area contributed by atoms with E-state index in [0.717, 1.165) is 0 Å². The number of aryl methyl sites for hydroxylation is 1. The Morgan fingerprint density at radius 3 is 1.59 bits per heavy atom. The average Bonchev–Trinajstić information content (AvgIpc) is 2.20. The van der Waals surface area contributed by atoms with E-state index in [2.05, 4.69) is 65.8 Å². The van der Waals surface area contributed by atoms with E-state index in [0.29, 0.717) is 5.41 Å². The van der Waals surface area contributed by atoms with E-state index in [1.165, 1.54) is 36.8 Å². The molecule has 0 nitrogen and oxygen atoms in total. The van der Waals surface area contributed by atoms with Crippen LogP contribution < -0.4 is 0 Å². The van der Waals surface area contributed by atoms with Gasteiger partial charge in [0.15, 0.2) is 0 Å². The van der Waals surface area contributed by atoms with Crippen molar-refractivity contribution < 1.29 is 0 Å². The van der Waals surface area contributed by atoms with Gasteiger partial charge in [-0.15, -0.1) is 0 Å². The Balaban J connectivity index is 0.000000770. The molecule has 0 unspecified atom stereocenters. The lowest BCUT2D eigenvalue weighted by Crippen LogP contribution is -2.08. The number of benzene rings is 1. The molecule has 0 aliphatic rings. The summed E-state index contributed by atoms with van der Waals surface area (Å²) < 4.78 is 0. The van der Waals surface area contributed by atoms with Gasteiger partial charge in [0.2, 0.25) is 0 Å². The molecule has 0 N–H and O–H groups in total. The molecule has 0 aromatic heterocycles. The van der Waals surface area contributed by atoms with E-state index in [1.54, 1.807) is 0 Å². The molecule has 0 bridgehead atoms. The second-order valence-electron chi connectivity index (χ2n) is 6.01. The minimum absolute atomic E-state index is 0.395. The second-order valence-corrected chi connectivity index (χ2v) is 6.01. The van der Waals surface area contributed by atoms with Gasteiger partial charge in [0.05, 0.1) is 0 Å². The summed E-state index contributed by atoms with van der Waals surface area (Å²) in [6, 6.07) is 9.08. The average molecular weight is 234 g/mol. The van der Waals surface area contributed by atoms with Gasteiger partial charge in [-0.2, -0.15) is 0 Å². The van der Waals surface area contributed by atoms with Crippen LogP contribution in [0.25, 0.3) is 0 Å². The Morgan fingerprint density at radius 1 is 0.824 bits per heavy atom. The molecule has 1 rings (SSSR count). The van der Waals surface area contributed by atoms with Crippen molar-refractivity contribution in [1.29, 1.82) is 0 Å². The van der Waals surface area contributed by atoms with Gasteiger partial charge >= 0.3 is 0 Å². The molecule has 98 valence electrons. The summed E-state index contributed by atoms with van der Waals surface area (Å²) in [4.78, 5) is 0. The Labute approximate surface area is 108 Å². The van der Waals surface area contributed by atoms with Crippen molar-refractivity contribution in [2.24, 2.45) is 5.41 Å². The fourth-order valence-corrected chi connectivity index (χ4v) is 1.72. The summed E-state index contributed by atoms with van der Waals surface area (Å²) in [5, 5.41) is 0. The number of hydrogen-bond donors (Lipinski definition) is 0. The van der Waals surface area contributed by atoms with E-state index in [1.807, 2.05) is 0 Å². The highest BCUT2D eigenvalue weighted by Crippen LogP contribution is 2.20. The van der Waals surface area contributed by atoms with Gasteiger partial charge in [-0.3, -0.25) is 0 Å². The summed E-state index contributed by atoms with van der Waals surface area (Å²) in [6.07, 6.45) is 4.85. The maximum absolute atomic E-state index is 2.28. The summed E-state index contributed by atoms with van der Waals surface area (Å²) in [5.41, 5.74) is 3.31. The van der Waals surface area contributed by atoms with Crippen molar-refractivity contribution in [1.82, 2.24) is 0 Å². The predicted octanol–water partition coefficient (Wildman–Crippen LogP) is 5.64. The highest BCUT2D eigenvalue weighted by molar-refractivity contribution is 5.23. The monoisotopic (exact) mass is 234 g/mol. The zero-order valence-electron chi connectivity index (χ0n) is 12.6. The highest BCUT2D eigenvalue weighted by atomic mass is 14.2. The predicted molar refractivity (Wildman–Crippen MR) is 79.6 cm³/mol. The zero-order chi connectivity index (χ0) is 13.3. The van der Waals surface area contributed by atoms with Crippen LogP contribution in [0, 0.1) is 5.41 Å². The maximum atomic E-state index is 2.28. The lowest BCUT2D eigenvalue weighted by Gasteiger charge is -2.18. The lowest BCUT2D eigenvalue weighted by atomic mass is 9.88. The molecule has 0 aliphatic heterocycles. The quantitative estimate of drug-likeness (QED) is 0.634. The molecule has 0 saturated carbocycles. The normalized spacial score (nSPS) is 10.7. The van der Waals surface area contributed by atoms with Crippen LogP contribution in [0.2, 0.25) is 0 Å². The van der Waals surface area contributed by atoms with Crippen molar-refractivity contribution in [3.05, 3.63) is 35.4 Å². The Morgan fingerprint density at radius 2 is 1.24 bits per heavy atom. The van der Waals surface area contributed by atoms with Crippen molar-refractivity contribution in [3.63, 3.8) is 0 Å². The molecular weight excluding hydrogens is 204 g/mol. The standard InChI is InChI=1S/C14H22.C3H8/c1-5-6-12-7-9-13(10-8-12)11-14(2,3)4;1-3-2/h7-10H,5-6,11H2,1-4H3;3H2,1-2H3. The van der Waals surface area contributed by atoms with E-state index in [4.69, 9.17) is 0 Å². The van der Waals surface area contributed by atoms with Crippen LogP contribution >= 0.6 is 0 Å². The second kappa shape index (κ2) is 8.33. The van der Waals surface area contributed by atoms with E-state index < -0.39 is 0 Å². The molecule has 17 heavy (non-hydrogen) atoms. The summed E-state index contributed by atoms with van der Waals surface area (Å²) in [5.74, 6) is 0. The molecule has 1 aromatic rings. The minimum Gasteiger partial charge on any atom is -0.0656 e. The summed E-state index contributed by atoms with van der Waals surface area (Å²) >= 11 is 0. The zero-order valence-corrected chi connectivity index (χ0v) is 12.6. The molecule has 0 heterocycles. The molecule has 0 spiro atoms. The van der Waals surface area contributed by atoms with Crippen LogP contribution in [0.5, 0.6) is 0 Å². The first-order valence-corrected chi connectivity index (χ1v) is 7.00. The van der Waals surface area contributed by atoms with E-state index >= 15 is 0 Å². The van der Waals surface area contributed by atoms with Crippen LogP contribution in [0.4, 0.5) is 0 Å². The van der Waals surface area contributed by atoms with E-state index in [-0.39, 0.29) is 0 Å². The van der Waals surface area contributed by atoms with Gasteiger partial charge in [-0.05, 0) is 29.4 Å². The fourth-order valence-electron chi connectivity index (χ4n) is 1.72. The topological polar surface area (TPSA) is 0 Å². The lowest BCUT2D eigenvalue weighted by molar-refractivity contribution is 0.411. The summed E-state index contributed by atoms with van der Waals surface area (Å²) in [7, 11) is 0. The van der Waals surface area contributed by atoms with E-state index in [9.17, 15) is 0 Å². The first-order valence-electron chi connectivity index (χ1n) is 7.00. The van der Waals surface area contributed by atoms with Gasteiger partial charge in [0, 0.05) is 0 Å². The molecular formula is C17H30. The molecule has 0 fully saturated rings. The van der Waals surface area contributed by atoms with Crippen LogP contribution in [0.3, 0.4) is 0 Å². The van der Waals surface area contributed by atoms with Crippen molar-refractivity contribution in [2.45, 2.75) is 67.2 Å². The SMILES string of the molecule is CCC.CCCc1ccc(CC(C)(C)C)cc1. The maximum Gasteiger partial charge on any atom is -0.0230 e. The third-order valence-electron chi connectivity index (χ3n) is 2.30. The minimum atomic E-state index is 0.395. The number of rotatable bonds is 3. The first kappa shape index (κ1) is 16.2. The Hall–Kier alpha value is -0.780. The van der Waals surface area contributed by atoms with Gasteiger partial charge < -0.3 is 0 Å². The van der Waals surface area contributed by atoms with Gasteiger partial charge in [0.25, 0.3) is 0 Å². The third-order valence-corrected chi connectivity index (χ3v) is 2.30. The molecule has 0 heteroatoms. The van der Waals surface area contributed by atoms with Crippen LogP contribution in [0.1, 0.15) is 65.5 Å². The third kappa shape index (κ3) is 8.97. The van der Waals surface area contributed by atoms with Gasteiger partial charge in [-0.25, -0.2) is 0 Å². The molecule has 1 aromatic carbocycles. The number of hydrogen-bond acceptors (Lipinski definition) is 0. The molecule has 0 amide bonds. The largest absolute Gasteiger partial charge is 0.0656 e. The van der Waals surface area contributed by atoms with Crippen molar-refractivity contribution >= 4 is 0 Å². The fraction of sp³-hybridized carbons (Fsp3) is 0.647. The molecule has 0 saturated heterocycles. The van der Waals surface area contributed by atoms with Crippen LogP contribution in [-0.4, -0.2) is 0 Å². The highest BCUT2D eigenvalue weighted by Gasteiger charge is 2.10. The molecule has 0 radical (unpaired) electrons.